The number of carbonyl (C=O) groups is 1. The van der Waals surface area contributed by atoms with Crippen LogP contribution in [0.2, 0.25) is 0 Å². The van der Waals surface area contributed by atoms with Gasteiger partial charge in [-0.1, -0.05) is 18.2 Å². The summed E-state index contributed by atoms with van der Waals surface area (Å²) in [6, 6.07) is 9.68. The fourth-order valence-corrected chi connectivity index (χ4v) is 2.48. The fourth-order valence-electron chi connectivity index (χ4n) is 2.48. The molecule has 8 heteroatoms. The second-order valence-electron chi connectivity index (χ2n) is 5.57. The van der Waals surface area contributed by atoms with E-state index in [0.29, 0.717) is 25.3 Å². The van der Waals surface area contributed by atoms with Crippen LogP contribution in [0.15, 0.2) is 42.6 Å². The number of nitrogens with one attached hydrogen (secondary N) is 2. The Balaban J connectivity index is 1.41. The molecule has 1 aromatic heterocycles. The van der Waals surface area contributed by atoms with Crippen LogP contribution in [0.3, 0.4) is 0 Å². The molecule has 1 amide bonds. The number of hydrogen-bond acceptors (Lipinski definition) is 4. The Morgan fingerprint density at radius 1 is 1.20 bits per heavy atom. The Morgan fingerprint density at radius 3 is 2.68 bits per heavy atom. The summed E-state index contributed by atoms with van der Waals surface area (Å²) >= 11 is 0. The van der Waals surface area contributed by atoms with E-state index < -0.39 is 17.8 Å². The first kappa shape index (κ1) is 17.1. The Labute approximate surface area is 142 Å². The highest BCUT2D eigenvalue weighted by atomic mass is 19.4. The quantitative estimate of drug-likeness (QED) is 0.813. The number of rotatable bonds is 5. The zero-order valence-electron chi connectivity index (χ0n) is 13.1. The van der Waals surface area contributed by atoms with E-state index >= 15 is 0 Å². The molecule has 25 heavy (non-hydrogen) atoms. The highest BCUT2D eigenvalue weighted by Gasteiger charge is 2.30. The van der Waals surface area contributed by atoms with E-state index in [9.17, 15) is 18.0 Å². The van der Waals surface area contributed by atoms with Crippen LogP contribution in [0, 0.1) is 0 Å². The molecule has 132 valence electrons. The molecule has 0 saturated heterocycles. The van der Waals surface area contributed by atoms with Crippen LogP contribution in [-0.4, -0.2) is 30.1 Å². The topological polar surface area (TPSA) is 63.2 Å². The zero-order chi connectivity index (χ0) is 17.9. The van der Waals surface area contributed by atoms with E-state index in [1.54, 1.807) is 0 Å². The van der Waals surface area contributed by atoms with E-state index in [-0.39, 0.29) is 5.91 Å². The average Bonchev–Trinajstić information content (AvgIpc) is 3.02. The fraction of sp³-hybridized carbons (Fsp3) is 0.294. The summed E-state index contributed by atoms with van der Waals surface area (Å²) in [4.78, 5) is 15.8. The molecule has 0 aliphatic carbocycles. The standard InChI is InChI=1S/C17H16F3N3O2/c18-17(19,20)12-5-6-15(23-10-12)21-7-8-22-16(24)14-9-11-3-1-2-4-13(11)25-14/h1-6,10,14H,7-9H2,(H,21,23)(H,22,24)/t14-/m1/s1. The first-order chi connectivity index (χ1) is 11.9. The lowest BCUT2D eigenvalue weighted by atomic mass is 10.1. The van der Waals surface area contributed by atoms with E-state index in [2.05, 4.69) is 15.6 Å². The lowest BCUT2D eigenvalue weighted by Gasteiger charge is -2.12. The van der Waals surface area contributed by atoms with Crippen LogP contribution < -0.4 is 15.4 Å². The molecular formula is C17H16F3N3O2. The molecule has 0 radical (unpaired) electrons. The van der Waals surface area contributed by atoms with Gasteiger partial charge in [0.05, 0.1) is 5.56 Å². The molecular weight excluding hydrogens is 335 g/mol. The lowest BCUT2D eigenvalue weighted by molar-refractivity contribution is -0.137. The van der Waals surface area contributed by atoms with Crippen molar-refractivity contribution in [1.29, 1.82) is 0 Å². The molecule has 1 aliphatic rings. The van der Waals surface area contributed by atoms with Crippen LogP contribution in [0.25, 0.3) is 0 Å². The SMILES string of the molecule is O=C(NCCNc1ccc(C(F)(F)F)cn1)[C@H]1Cc2ccccc2O1. The van der Waals surface area contributed by atoms with Crippen molar-refractivity contribution < 1.29 is 22.7 Å². The molecule has 2 N–H and O–H groups in total. The molecule has 0 unspecified atom stereocenters. The van der Waals surface area contributed by atoms with Crippen molar-refractivity contribution in [3.63, 3.8) is 0 Å². The third-order valence-corrected chi connectivity index (χ3v) is 3.76. The van der Waals surface area contributed by atoms with E-state index in [0.717, 1.165) is 23.6 Å². The summed E-state index contributed by atoms with van der Waals surface area (Å²) in [7, 11) is 0. The maximum absolute atomic E-state index is 12.4. The maximum atomic E-state index is 12.4. The number of amides is 1. The van der Waals surface area contributed by atoms with Crippen molar-refractivity contribution in [2.24, 2.45) is 0 Å². The van der Waals surface area contributed by atoms with Gasteiger partial charge in [-0.25, -0.2) is 4.98 Å². The summed E-state index contributed by atoms with van der Waals surface area (Å²) < 4.78 is 42.9. The summed E-state index contributed by atoms with van der Waals surface area (Å²) in [6.07, 6.45) is -3.67. The number of ether oxygens (including phenoxy) is 1. The van der Waals surface area contributed by atoms with Crippen molar-refractivity contribution in [1.82, 2.24) is 10.3 Å². The molecule has 0 fully saturated rings. The van der Waals surface area contributed by atoms with Crippen molar-refractivity contribution in [2.45, 2.75) is 18.7 Å². The number of benzene rings is 1. The highest BCUT2D eigenvalue weighted by molar-refractivity contribution is 5.82. The van der Waals surface area contributed by atoms with Crippen LogP contribution in [0.1, 0.15) is 11.1 Å². The van der Waals surface area contributed by atoms with E-state index in [1.807, 2.05) is 24.3 Å². The largest absolute Gasteiger partial charge is 0.480 e. The molecule has 5 nitrogen and oxygen atoms in total. The van der Waals surface area contributed by atoms with Gasteiger partial charge in [-0.3, -0.25) is 4.79 Å². The van der Waals surface area contributed by atoms with Gasteiger partial charge in [0.25, 0.3) is 5.91 Å². The number of hydrogen-bond donors (Lipinski definition) is 2. The monoisotopic (exact) mass is 351 g/mol. The summed E-state index contributed by atoms with van der Waals surface area (Å²) in [6.45, 7) is 0.640. The predicted molar refractivity (Wildman–Crippen MR) is 85.3 cm³/mol. The van der Waals surface area contributed by atoms with Gasteiger partial charge in [-0.15, -0.1) is 0 Å². The molecule has 2 aromatic rings. The average molecular weight is 351 g/mol. The molecule has 1 atom stereocenters. The second kappa shape index (κ2) is 7.00. The first-order valence-corrected chi connectivity index (χ1v) is 7.73. The predicted octanol–water partition coefficient (Wildman–Crippen LogP) is 2.63. The van der Waals surface area contributed by atoms with Crippen molar-refractivity contribution >= 4 is 11.7 Å². The lowest BCUT2D eigenvalue weighted by Crippen LogP contribution is -2.39. The van der Waals surface area contributed by atoms with Gasteiger partial charge in [0.2, 0.25) is 0 Å². The summed E-state index contributed by atoms with van der Waals surface area (Å²) in [5, 5.41) is 5.58. The van der Waals surface area contributed by atoms with E-state index in [1.165, 1.54) is 6.07 Å². The Morgan fingerprint density at radius 2 is 2.00 bits per heavy atom. The number of alkyl halides is 3. The number of anilines is 1. The Kier molecular flexibility index (Phi) is 4.78. The Hall–Kier alpha value is -2.77. The minimum Gasteiger partial charge on any atom is -0.480 e. The normalized spacial score (nSPS) is 16.0. The van der Waals surface area contributed by atoms with Gasteiger partial charge in [0.15, 0.2) is 6.10 Å². The van der Waals surface area contributed by atoms with Crippen LogP contribution >= 0.6 is 0 Å². The molecule has 1 aliphatic heterocycles. The Bertz CT molecular complexity index is 723. The molecule has 0 spiro atoms. The number of fused-ring (bicyclic) bond motifs is 1. The summed E-state index contributed by atoms with van der Waals surface area (Å²) in [5.41, 5.74) is 0.194. The molecule has 2 heterocycles. The van der Waals surface area contributed by atoms with Gasteiger partial charge >= 0.3 is 6.18 Å². The number of para-hydroxylation sites is 1. The van der Waals surface area contributed by atoms with Crippen LogP contribution in [0.5, 0.6) is 5.75 Å². The molecule has 3 rings (SSSR count). The smallest absolute Gasteiger partial charge is 0.417 e. The van der Waals surface area contributed by atoms with Crippen LogP contribution in [0.4, 0.5) is 19.0 Å². The van der Waals surface area contributed by atoms with Crippen molar-refractivity contribution in [3.05, 3.63) is 53.7 Å². The minimum absolute atomic E-state index is 0.224. The third-order valence-electron chi connectivity index (χ3n) is 3.76. The second-order valence-corrected chi connectivity index (χ2v) is 5.57. The number of carbonyl (C=O) groups excluding carboxylic acids is 1. The number of pyridine rings is 1. The van der Waals surface area contributed by atoms with Crippen molar-refractivity contribution in [2.75, 3.05) is 18.4 Å². The van der Waals surface area contributed by atoms with Gasteiger partial charge < -0.3 is 15.4 Å². The molecule has 1 aromatic carbocycles. The summed E-state index contributed by atoms with van der Waals surface area (Å²) in [5.74, 6) is 0.805. The van der Waals surface area contributed by atoms with Gasteiger partial charge in [-0.2, -0.15) is 13.2 Å². The van der Waals surface area contributed by atoms with Crippen molar-refractivity contribution in [3.8, 4) is 5.75 Å². The first-order valence-electron chi connectivity index (χ1n) is 7.73. The number of halogens is 3. The van der Waals surface area contributed by atoms with Gasteiger partial charge in [-0.05, 0) is 23.8 Å². The number of nitrogens with zero attached hydrogens (tertiary/aromatic N) is 1. The molecule has 0 saturated carbocycles. The van der Waals surface area contributed by atoms with Gasteiger partial charge in [0, 0.05) is 25.7 Å². The van der Waals surface area contributed by atoms with Crippen LogP contribution in [-0.2, 0) is 17.4 Å². The highest BCUT2D eigenvalue weighted by Crippen LogP contribution is 2.29. The zero-order valence-corrected chi connectivity index (χ0v) is 13.1. The van der Waals surface area contributed by atoms with E-state index in [4.69, 9.17) is 4.74 Å². The maximum Gasteiger partial charge on any atom is 0.417 e. The number of aromatic nitrogens is 1. The van der Waals surface area contributed by atoms with Gasteiger partial charge in [0.1, 0.15) is 11.6 Å². The minimum atomic E-state index is -4.40. The molecule has 0 bridgehead atoms. The third kappa shape index (κ3) is 4.20.